The number of aliphatic hydroxyl groups is 1. The Bertz CT molecular complexity index is 684. The molecule has 2 aromatic carbocycles. The van der Waals surface area contributed by atoms with Crippen molar-refractivity contribution in [2.24, 2.45) is 0 Å². The first-order valence-electron chi connectivity index (χ1n) is 8.37. The first kappa shape index (κ1) is 19.0. The molecule has 0 bridgehead atoms. The number of benzene rings is 2. The van der Waals surface area contributed by atoms with Crippen molar-refractivity contribution in [3.63, 3.8) is 0 Å². The number of ether oxygens (including phenoxy) is 1. The highest BCUT2D eigenvalue weighted by atomic mass is 16.5. The molecule has 0 amide bonds. The predicted molar refractivity (Wildman–Crippen MR) is 96.6 cm³/mol. The minimum atomic E-state index is -0.620. The van der Waals surface area contributed by atoms with Crippen molar-refractivity contribution in [1.82, 2.24) is 5.32 Å². The van der Waals surface area contributed by atoms with Crippen LogP contribution in [0.3, 0.4) is 0 Å². The summed E-state index contributed by atoms with van der Waals surface area (Å²) in [5.74, 6) is -0.142. The standard InChI is InChI=1S/C20H25NO4/c1-14(21-13-19(23)16-8-10-18(22)11-9-16)6-7-15-4-3-5-17(12-15)20(24)25-2/h3-5,8-12,14,19,21-23H,6-7,13H2,1-2H3. The molecule has 0 radical (unpaired) electrons. The molecule has 25 heavy (non-hydrogen) atoms. The maximum atomic E-state index is 11.6. The first-order valence-corrected chi connectivity index (χ1v) is 8.37. The monoisotopic (exact) mass is 343 g/mol. The SMILES string of the molecule is COC(=O)c1cccc(CCC(C)NCC(O)c2ccc(O)cc2)c1. The Kier molecular flexibility index (Phi) is 6.98. The third-order valence-electron chi connectivity index (χ3n) is 4.15. The molecule has 0 fully saturated rings. The van der Waals surface area contributed by atoms with Crippen LogP contribution < -0.4 is 5.32 Å². The third kappa shape index (κ3) is 5.89. The van der Waals surface area contributed by atoms with Crippen molar-refractivity contribution in [2.45, 2.75) is 31.9 Å². The van der Waals surface area contributed by atoms with Crippen LogP contribution in [0.15, 0.2) is 48.5 Å². The van der Waals surface area contributed by atoms with Crippen LogP contribution in [-0.2, 0) is 11.2 Å². The maximum absolute atomic E-state index is 11.6. The van der Waals surface area contributed by atoms with E-state index in [1.165, 1.54) is 7.11 Å². The highest BCUT2D eigenvalue weighted by molar-refractivity contribution is 5.89. The van der Waals surface area contributed by atoms with E-state index in [2.05, 4.69) is 12.2 Å². The lowest BCUT2D eigenvalue weighted by atomic mass is 10.0. The van der Waals surface area contributed by atoms with Gasteiger partial charge < -0.3 is 20.3 Å². The van der Waals surface area contributed by atoms with Crippen molar-refractivity contribution in [3.8, 4) is 5.75 Å². The molecule has 0 aliphatic carbocycles. The van der Waals surface area contributed by atoms with Gasteiger partial charge in [-0.15, -0.1) is 0 Å². The van der Waals surface area contributed by atoms with Crippen LogP contribution in [-0.4, -0.2) is 35.9 Å². The molecular formula is C20H25NO4. The average molecular weight is 343 g/mol. The van der Waals surface area contributed by atoms with Gasteiger partial charge >= 0.3 is 5.97 Å². The summed E-state index contributed by atoms with van der Waals surface area (Å²) in [7, 11) is 1.38. The van der Waals surface area contributed by atoms with Gasteiger partial charge in [0.25, 0.3) is 0 Å². The van der Waals surface area contributed by atoms with Crippen molar-refractivity contribution >= 4 is 5.97 Å². The maximum Gasteiger partial charge on any atom is 0.337 e. The number of aryl methyl sites for hydroxylation is 1. The van der Waals surface area contributed by atoms with E-state index in [-0.39, 0.29) is 17.8 Å². The minimum Gasteiger partial charge on any atom is -0.508 e. The summed E-state index contributed by atoms with van der Waals surface area (Å²) >= 11 is 0. The number of nitrogens with one attached hydrogen (secondary N) is 1. The van der Waals surface area contributed by atoms with Crippen LogP contribution in [0.5, 0.6) is 5.75 Å². The third-order valence-corrected chi connectivity index (χ3v) is 4.15. The number of hydrogen-bond donors (Lipinski definition) is 3. The van der Waals surface area contributed by atoms with Crippen molar-refractivity contribution < 1.29 is 19.7 Å². The molecule has 0 aromatic heterocycles. The van der Waals surface area contributed by atoms with Crippen LogP contribution in [0.25, 0.3) is 0 Å². The largest absolute Gasteiger partial charge is 0.508 e. The Morgan fingerprint density at radius 3 is 2.60 bits per heavy atom. The molecule has 5 heteroatoms. The van der Waals surface area contributed by atoms with Gasteiger partial charge in [0.05, 0.1) is 18.8 Å². The summed E-state index contributed by atoms with van der Waals surface area (Å²) in [4.78, 5) is 11.6. The lowest BCUT2D eigenvalue weighted by Crippen LogP contribution is -2.30. The second-order valence-corrected chi connectivity index (χ2v) is 6.15. The zero-order valence-corrected chi connectivity index (χ0v) is 14.6. The number of phenolic OH excluding ortho intramolecular Hbond substituents is 1. The van der Waals surface area contributed by atoms with E-state index in [1.54, 1.807) is 30.3 Å². The van der Waals surface area contributed by atoms with Gasteiger partial charge in [-0.25, -0.2) is 4.79 Å². The molecular weight excluding hydrogens is 318 g/mol. The number of rotatable bonds is 8. The van der Waals surface area contributed by atoms with Crippen molar-refractivity contribution in [3.05, 3.63) is 65.2 Å². The summed E-state index contributed by atoms with van der Waals surface area (Å²) in [5, 5.41) is 22.8. The molecule has 5 nitrogen and oxygen atoms in total. The summed E-state index contributed by atoms with van der Waals surface area (Å²) in [5.41, 5.74) is 2.40. The molecule has 0 aliphatic rings. The molecule has 0 heterocycles. The molecule has 2 aromatic rings. The van der Waals surface area contributed by atoms with E-state index in [0.717, 1.165) is 24.0 Å². The molecule has 2 atom stereocenters. The van der Waals surface area contributed by atoms with E-state index in [1.807, 2.05) is 18.2 Å². The molecule has 0 saturated heterocycles. The average Bonchev–Trinajstić information content (AvgIpc) is 2.64. The molecule has 134 valence electrons. The highest BCUT2D eigenvalue weighted by Crippen LogP contribution is 2.16. The smallest absolute Gasteiger partial charge is 0.337 e. The first-order chi connectivity index (χ1) is 12.0. The zero-order valence-electron chi connectivity index (χ0n) is 14.6. The summed E-state index contributed by atoms with van der Waals surface area (Å²) in [6.07, 6.45) is 1.09. The topological polar surface area (TPSA) is 78.8 Å². The molecule has 2 rings (SSSR count). The summed E-state index contributed by atoms with van der Waals surface area (Å²) in [6, 6.07) is 14.2. The highest BCUT2D eigenvalue weighted by Gasteiger charge is 2.10. The van der Waals surface area contributed by atoms with Crippen molar-refractivity contribution in [2.75, 3.05) is 13.7 Å². The Labute approximate surface area is 148 Å². The number of phenols is 1. The predicted octanol–water partition coefficient (Wildman–Crippen LogP) is 2.82. The van der Waals surface area contributed by atoms with Gasteiger partial charge in [0.1, 0.15) is 5.75 Å². The Morgan fingerprint density at radius 1 is 1.20 bits per heavy atom. The lowest BCUT2D eigenvalue weighted by Gasteiger charge is -2.17. The van der Waals surface area contributed by atoms with E-state index in [9.17, 15) is 15.0 Å². The molecule has 0 saturated carbocycles. The van der Waals surface area contributed by atoms with Gasteiger partial charge in [-0.2, -0.15) is 0 Å². The molecule has 3 N–H and O–H groups in total. The van der Waals surface area contributed by atoms with Crippen LogP contribution in [0.2, 0.25) is 0 Å². The van der Waals surface area contributed by atoms with Crippen LogP contribution in [0, 0.1) is 0 Å². The second kappa shape index (κ2) is 9.20. The van der Waals surface area contributed by atoms with Gasteiger partial charge in [-0.3, -0.25) is 0 Å². The Morgan fingerprint density at radius 2 is 1.92 bits per heavy atom. The number of aliphatic hydroxyl groups excluding tert-OH is 1. The van der Waals surface area contributed by atoms with Gasteiger partial charge in [0, 0.05) is 12.6 Å². The zero-order chi connectivity index (χ0) is 18.2. The van der Waals surface area contributed by atoms with Crippen LogP contribution in [0.4, 0.5) is 0 Å². The molecule has 2 unspecified atom stereocenters. The number of methoxy groups -OCH3 is 1. The quantitative estimate of drug-likeness (QED) is 0.643. The Hall–Kier alpha value is -2.37. The molecule has 0 spiro atoms. The number of hydrogen-bond acceptors (Lipinski definition) is 5. The van der Waals surface area contributed by atoms with E-state index >= 15 is 0 Å². The van der Waals surface area contributed by atoms with Crippen LogP contribution in [0.1, 0.15) is 40.9 Å². The van der Waals surface area contributed by atoms with E-state index in [4.69, 9.17) is 4.74 Å². The summed E-state index contributed by atoms with van der Waals surface area (Å²) in [6.45, 7) is 2.50. The normalized spacial score (nSPS) is 13.2. The van der Waals surface area contributed by atoms with E-state index in [0.29, 0.717) is 12.1 Å². The number of aromatic hydroxyl groups is 1. The fraction of sp³-hybridized carbons (Fsp3) is 0.350. The minimum absolute atomic E-state index is 0.187. The number of carbonyl (C=O) groups excluding carboxylic acids is 1. The Balaban J connectivity index is 1.79. The van der Waals surface area contributed by atoms with Gasteiger partial charge in [0.2, 0.25) is 0 Å². The number of carbonyl (C=O) groups is 1. The van der Waals surface area contributed by atoms with Crippen molar-refractivity contribution in [1.29, 1.82) is 0 Å². The molecule has 0 aliphatic heterocycles. The fourth-order valence-corrected chi connectivity index (χ4v) is 2.58. The van der Waals surface area contributed by atoms with Gasteiger partial charge in [0.15, 0.2) is 0 Å². The van der Waals surface area contributed by atoms with E-state index < -0.39 is 6.10 Å². The van der Waals surface area contributed by atoms with Gasteiger partial charge in [-0.05, 0) is 55.2 Å². The van der Waals surface area contributed by atoms with Gasteiger partial charge in [-0.1, -0.05) is 24.3 Å². The number of esters is 1. The second-order valence-electron chi connectivity index (χ2n) is 6.15. The summed E-state index contributed by atoms with van der Waals surface area (Å²) < 4.78 is 4.74. The van der Waals surface area contributed by atoms with Crippen LogP contribution >= 0.6 is 0 Å². The fourth-order valence-electron chi connectivity index (χ4n) is 2.58. The lowest BCUT2D eigenvalue weighted by molar-refractivity contribution is 0.0600.